The maximum atomic E-state index is 12.2. The van der Waals surface area contributed by atoms with Gasteiger partial charge in [-0.1, -0.05) is 36.7 Å². The Morgan fingerprint density at radius 2 is 2.00 bits per heavy atom. The van der Waals surface area contributed by atoms with Crippen molar-refractivity contribution in [2.24, 2.45) is 5.41 Å². The predicted molar refractivity (Wildman–Crippen MR) is 76.4 cm³/mol. The summed E-state index contributed by atoms with van der Waals surface area (Å²) in [4.78, 5) is 11.5. The zero-order valence-electron chi connectivity index (χ0n) is 10.7. The van der Waals surface area contributed by atoms with Crippen LogP contribution in [0.3, 0.4) is 0 Å². The summed E-state index contributed by atoms with van der Waals surface area (Å²) < 4.78 is 12.9. The molecule has 100 valence electrons. The van der Waals surface area contributed by atoms with Crippen LogP contribution in [0.1, 0.15) is 37.6 Å². The standard InChI is InChI=1S/C13H17BrO3S/c1-13(2,3)6-7-18(17)11-8-9(14)4-5-10(11)12(15)16/h4-5,8H,6-7H2,1-3H3,(H,15,16). The molecule has 1 aromatic rings. The van der Waals surface area contributed by atoms with Gasteiger partial charge in [-0.25, -0.2) is 4.79 Å². The number of hydrogen-bond donors (Lipinski definition) is 1. The molecule has 1 rings (SSSR count). The topological polar surface area (TPSA) is 54.4 Å². The smallest absolute Gasteiger partial charge is 0.336 e. The summed E-state index contributed by atoms with van der Waals surface area (Å²) in [5.74, 6) is -0.568. The fraction of sp³-hybridized carbons (Fsp3) is 0.462. The third-order valence-electron chi connectivity index (χ3n) is 2.46. The van der Waals surface area contributed by atoms with Crippen molar-refractivity contribution in [2.75, 3.05) is 5.75 Å². The van der Waals surface area contributed by atoms with Crippen molar-refractivity contribution in [3.05, 3.63) is 28.2 Å². The van der Waals surface area contributed by atoms with E-state index in [2.05, 4.69) is 36.7 Å². The van der Waals surface area contributed by atoms with Gasteiger partial charge >= 0.3 is 5.97 Å². The van der Waals surface area contributed by atoms with Gasteiger partial charge in [-0.3, -0.25) is 4.21 Å². The maximum Gasteiger partial charge on any atom is 0.336 e. The van der Waals surface area contributed by atoms with E-state index in [9.17, 15) is 9.00 Å². The quantitative estimate of drug-likeness (QED) is 0.914. The first-order valence-electron chi connectivity index (χ1n) is 5.62. The number of carboxylic acid groups (broad SMARTS) is 1. The van der Waals surface area contributed by atoms with Crippen LogP contribution < -0.4 is 0 Å². The molecule has 5 heteroatoms. The Bertz CT molecular complexity index is 478. The van der Waals surface area contributed by atoms with Crippen molar-refractivity contribution in [1.82, 2.24) is 0 Å². The molecule has 3 nitrogen and oxygen atoms in total. The van der Waals surface area contributed by atoms with Gasteiger partial charge in [-0.15, -0.1) is 0 Å². The minimum Gasteiger partial charge on any atom is -0.478 e. The molecule has 0 aliphatic carbocycles. The molecule has 1 unspecified atom stereocenters. The normalized spacial score (nSPS) is 13.3. The van der Waals surface area contributed by atoms with Gasteiger partial charge in [-0.05, 0) is 30.0 Å². The Kier molecular flexibility index (Phi) is 5.10. The first kappa shape index (κ1) is 15.4. The molecule has 0 aromatic heterocycles. The molecule has 0 saturated heterocycles. The third kappa shape index (κ3) is 4.53. The number of halogens is 1. The molecular weight excluding hydrogens is 316 g/mol. The monoisotopic (exact) mass is 332 g/mol. The summed E-state index contributed by atoms with van der Waals surface area (Å²) in [6, 6.07) is 4.76. The van der Waals surface area contributed by atoms with E-state index >= 15 is 0 Å². The van der Waals surface area contributed by atoms with Gasteiger partial charge < -0.3 is 5.11 Å². The van der Waals surface area contributed by atoms with Crippen molar-refractivity contribution in [3.63, 3.8) is 0 Å². The van der Waals surface area contributed by atoms with Crippen molar-refractivity contribution >= 4 is 32.7 Å². The Labute approximate surface area is 118 Å². The van der Waals surface area contributed by atoms with Crippen LogP contribution in [0, 0.1) is 5.41 Å². The fourth-order valence-electron chi connectivity index (χ4n) is 1.37. The second-order valence-electron chi connectivity index (χ2n) is 5.31. The van der Waals surface area contributed by atoms with Crippen LogP contribution in [-0.4, -0.2) is 21.0 Å². The van der Waals surface area contributed by atoms with Gasteiger partial charge in [0.25, 0.3) is 0 Å². The molecule has 0 saturated carbocycles. The van der Waals surface area contributed by atoms with E-state index in [0.717, 1.165) is 10.9 Å². The molecule has 1 atom stereocenters. The van der Waals surface area contributed by atoms with Crippen LogP contribution in [-0.2, 0) is 10.8 Å². The van der Waals surface area contributed by atoms with E-state index in [-0.39, 0.29) is 11.0 Å². The Balaban J connectivity index is 2.97. The SMILES string of the molecule is CC(C)(C)CCS(=O)c1cc(Br)ccc1C(=O)O. The van der Waals surface area contributed by atoms with Crippen LogP contribution in [0.4, 0.5) is 0 Å². The first-order chi connectivity index (χ1) is 8.20. The minimum absolute atomic E-state index is 0.0884. The molecule has 1 N–H and O–H groups in total. The van der Waals surface area contributed by atoms with Crippen LogP contribution in [0.5, 0.6) is 0 Å². The van der Waals surface area contributed by atoms with E-state index < -0.39 is 16.8 Å². The number of carbonyl (C=O) groups is 1. The number of rotatable bonds is 4. The van der Waals surface area contributed by atoms with Crippen LogP contribution >= 0.6 is 15.9 Å². The largest absolute Gasteiger partial charge is 0.478 e. The highest BCUT2D eigenvalue weighted by Gasteiger charge is 2.18. The van der Waals surface area contributed by atoms with E-state index in [1.165, 1.54) is 6.07 Å². The second kappa shape index (κ2) is 5.97. The molecule has 0 spiro atoms. The highest BCUT2D eigenvalue weighted by atomic mass is 79.9. The molecule has 0 aliphatic heterocycles. The van der Waals surface area contributed by atoms with Gasteiger partial charge in [0, 0.05) is 10.2 Å². The molecule has 0 heterocycles. The highest BCUT2D eigenvalue weighted by molar-refractivity contribution is 9.10. The highest BCUT2D eigenvalue weighted by Crippen LogP contribution is 2.24. The van der Waals surface area contributed by atoms with Crippen LogP contribution in [0.25, 0.3) is 0 Å². The van der Waals surface area contributed by atoms with Crippen LogP contribution in [0.15, 0.2) is 27.6 Å². The molecule has 1 aromatic carbocycles. The predicted octanol–water partition coefficient (Wildman–Crippen LogP) is 3.69. The van der Waals surface area contributed by atoms with Crippen molar-refractivity contribution in [2.45, 2.75) is 32.1 Å². The van der Waals surface area contributed by atoms with Gasteiger partial charge in [0.2, 0.25) is 0 Å². The fourth-order valence-corrected chi connectivity index (χ4v) is 3.56. The lowest BCUT2D eigenvalue weighted by Gasteiger charge is -2.17. The van der Waals surface area contributed by atoms with Crippen molar-refractivity contribution < 1.29 is 14.1 Å². The molecule has 0 fully saturated rings. The van der Waals surface area contributed by atoms with Gasteiger partial charge in [0.1, 0.15) is 0 Å². The summed E-state index contributed by atoms with van der Waals surface area (Å²) in [6.45, 7) is 6.22. The molecule has 18 heavy (non-hydrogen) atoms. The van der Waals surface area contributed by atoms with E-state index in [1.807, 2.05) is 0 Å². The van der Waals surface area contributed by atoms with Crippen molar-refractivity contribution in [1.29, 1.82) is 0 Å². The summed E-state index contributed by atoms with van der Waals surface area (Å²) in [5, 5.41) is 9.08. The maximum absolute atomic E-state index is 12.2. The average Bonchev–Trinajstić information content (AvgIpc) is 2.24. The van der Waals surface area contributed by atoms with E-state index in [0.29, 0.717) is 10.6 Å². The average molecular weight is 333 g/mol. The molecule has 0 aliphatic rings. The van der Waals surface area contributed by atoms with E-state index in [1.54, 1.807) is 12.1 Å². The number of aromatic carboxylic acids is 1. The number of carboxylic acids is 1. The lowest BCUT2D eigenvalue weighted by Crippen LogP contribution is -2.13. The minimum atomic E-state index is -1.28. The Hall–Kier alpha value is -0.680. The first-order valence-corrected chi connectivity index (χ1v) is 7.73. The lowest BCUT2D eigenvalue weighted by molar-refractivity contribution is 0.0693. The van der Waals surface area contributed by atoms with Crippen molar-refractivity contribution in [3.8, 4) is 0 Å². The summed E-state index contributed by atoms with van der Waals surface area (Å²) in [5.41, 5.74) is 0.205. The summed E-state index contributed by atoms with van der Waals surface area (Å²) in [6.07, 6.45) is 0.783. The number of hydrogen-bond acceptors (Lipinski definition) is 2. The summed E-state index contributed by atoms with van der Waals surface area (Å²) in [7, 11) is -1.28. The van der Waals surface area contributed by atoms with E-state index in [4.69, 9.17) is 5.11 Å². The molecular formula is C13H17BrO3S. The number of benzene rings is 1. The summed E-state index contributed by atoms with van der Waals surface area (Å²) >= 11 is 3.28. The Morgan fingerprint density at radius 3 is 2.50 bits per heavy atom. The van der Waals surface area contributed by atoms with Gasteiger partial charge in [0.15, 0.2) is 0 Å². The van der Waals surface area contributed by atoms with Crippen LogP contribution in [0.2, 0.25) is 0 Å². The zero-order chi connectivity index (χ0) is 13.9. The van der Waals surface area contributed by atoms with Gasteiger partial charge in [-0.2, -0.15) is 0 Å². The zero-order valence-corrected chi connectivity index (χ0v) is 13.1. The third-order valence-corrected chi connectivity index (χ3v) is 4.35. The molecule has 0 amide bonds. The molecule has 0 bridgehead atoms. The second-order valence-corrected chi connectivity index (χ2v) is 7.76. The van der Waals surface area contributed by atoms with Gasteiger partial charge in [0.05, 0.1) is 21.3 Å². The molecule has 0 radical (unpaired) electrons. The Morgan fingerprint density at radius 1 is 1.39 bits per heavy atom. The lowest BCUT2D eigenvalue weighted by atomic mass is 9.94.